The number of carbonyl (C=O) groups is 2. The number of aromatic nitrogens is 2. The molecular weight excluding hydrogens is 433 g/mol. The van der Waals surface area contributed by atoms with E-state index in [4.69, 9.17) is 4.99 Å². The van der Waals surface area contributed by atoms with Gasteiger partial charge in [-0.2, -0.15) is 5.10 Å². The summed E-state index contributed by atoms with van der Waals surface area (Å²) in [7, 11) is 0. The van der Waals surface area contributed by atoms with Gasteiger partial charge in [-0.05, 0) is 55.0 Å². The number of nitrogens with zero attached hydrogens (tertiary/aromatic N) is 4. The number of rotatable bonds is 5. The van der Waals surface area contributed by atoms with Crippen LogP contribution in [0.15, 0.2) is 47.6 Å². The minimum absolute atomic E-state index is 0.0253. The van der Waals surface area contributed by atoms with Crippen LogP contribution < -0.4 is 0 Å². The van der Waals surface area contributed by atoms with Gasteiger partial charge in [0.05, 0.1) is 17.3 Å². The zero-order valence-corrected chi connectivity index (χ0v) is 18.6. The Morgan fingerprint density at radius 3 is 2.62 bits per heavy atom. The molecule has 0 unspecified atom stereocenters. The standard InChI is InChI=1S/C26H24FN5O2/c27-21-9-17(18-3-4-19-11-28-30-22(19)10-18)5-6-20(21)23-29-26(7-8-26)25(34)32(23)14-15-12-31(13-15)24(33)16-1-2-16/h3-6,9-11,15-16H,1-2,7-8,12-14H2,(H,28,30). The Kier molecular flexibility index (Phi) is 4.08. The second kappa shape index (κ2) is 6.98. The number of benzene rings is 2. The molecule has 2 saturated carbocycles. The van der Waals surface area contributed by atoms with E-state index < -0.39 is 11.4 Å². The summed E-state index contributed by atoms with van der Waals surface area (Å²) in [5, 5.41) is 7.99. The monoisotopic (exact) mass is 457 g/mol. The minimum Gasteiger partial charge on any atom is -0.342 e. The van der Waals surface area contributed by atoms with Crippen molar-refractivity contribution in [3.05, 3.63) is 54.0 Å². The van der Waals surface area contributed by atoms with E-state index in [0.29, 0.717) is 43.9 Å². The highest BCUT2D eigenvalue weighted by Gasteiger charge is 2.58. The van der Waals surface area contributed by atoms with Crippen LogP contribution >= 0.6 is 0 Å². The number of aromatic amines is 1. The van der Waals surface area contributed by atoms with E-state index in [-0.39, 0.29) is 23.7 Å². The van der Waals surface area contributed by atoms with Crippen molar-refractivity contribution in [1.82, 2.24) is 20.0 Å². The van der Waals surface area contributed by atoms with Crippen molar-refractivity contribution < 1.29 is 14.0 Å². The second-order valence-corrected chi connectivity index (χ2v) is 10.1. The highest BCUT2D eigenvalue weighted by molar-refractivity contribution is 6.16. The summed E-state index contributed by atoms with van der Waals surface area (Å²) in [6.07, 6.45) is 5.17. The van der Waals surface area contributed by atoms with Gasteiger partial charge in [0, 0.05) is 36.9 Å². The van der Waals surface area contributed by atoms with Crippen molar-refractivity contribution in [3.63, 3.8) is 0 Å². The quantitative estimate of drug-likeness (QED) is 0.638. The van der Waals surface area contributed by atoms with Crippen molar-refractivity contribution >= 4 is 28.6 Å². The molecule has 0 radical (unpaired) electrons. The Bertz CT molecular complexity index is 1380. The van der Waals surface area contributed by atoms with Crippen LogP contribution in [0, 0.1) is 17.7 Å². The SMILES string of the molecule is O=C(C1CC1)N1CC(CN2C(=O)C3(CC3)N=C2c2ccc(-c3ccc4cn[nH]c4c3)cc2F)C1. The van der Waals surface area contributed by atoms with E-state index in [1.807, 2.05) is 29.2 Å². The van der Waals surface area contributed by atoms with Crippen LogP contribution in [0.2, 0.25) is 0 Å². The molecule has 3 heterocycles. The first-order valence-corrected chi connectivity index (χ1v) is 11.9. The third-order valence-corrected chi connectivity index (χ3v) is 7.56. The molecule has 2 aliphatic heterocycles. The summed E-state index contributed by atoms with van der Waals surface area (Å²) in [6.45, 7) is 1.80. The molecule has 1 aromatic heterocycles. The highest BCUT2D eigenvalue weighted by Crippen LogP contribution is 2.46. The van der Waals surface area contributed by atoms with Gasteiger partial charge in [0.15, 0.2) is 0 Å². The number of nitrogens with one attached hydrogen (secondary N) is 1. The lowest BCUT2D eigenvalue weighted by atomic mass is 9.97. The first-order chi connectivity index (χ1) is 16.5. The van der Waals surface area contributed by atoms with Crippen molar-refractivity contribution in [1.29, 1.82) is 0 Å². The molecule has 7 nitrogen and oxygen atoms in total. The van der Waals surface area contributed by atoms with Gasteiger partial charge < -0.3 is 4.90 Å². The molecule has 172 valence electrons. The largest absolute Gasteiger partial charge is 0.342 e. The highest BCUT2D eigenvalue weighted by atomic mass is 19.1. The van der Waals surface area contributed by atoms with E-state index in [2.05, 4.69) is 10.2 Å². The lowest BCUT2D eigenvalue weighted by Crippen LogP contribution is -2.55. The van der Waals surface area contributed by atoms with E-state index in [9.17, 15) is 9.59 Å². The third kappa shape index (κ3) is 3.08. The normalized spacial score (nSPS) is 21.3. The molecule has 1 spiro atoms. The van der Waals surface area contributed by atoms with Crippen LogP contribution in [-0.2, 0) is 9.59 Å². The molecule has 1 saturated heterocycles. The summed E-state index contributed by atoms with van der Waals surface area (Å²) in [4.78, 5) is 33.7. The molecule has 34 heavy (non-hydrogen) atoms. The number of amides is 2. The molecule has 0 atom stereocenters. The number of hydrogen-bond acceptors (Lipinski definition) is 4. The molecule has 0 bridgehead atoms. The fraction of sp³-hybridized carbons (Fsp3) is 0.385. The zero-order chi connectivity index (χ0) is 23.0. The Labute approximate surface area is 195 Å². The lowest BCUT2D eigenvalue weighted by molar-refractivity contribution is -0.139. The molecule has 8 heteroatoms. The maximum absolute atomic E-state index is 15.4. The number of halogens is 1. The summed E-state index contributed by atoms with van der Waals surface area (Å²) in [5.41, 5.74) is 2.19. The summed E-state index contributed by atoms with van der Waals surface area (Å²) < 4.78 is 15.4. The van der Waals surface area contributed by atoms with Crippen LogP contribution in [0.1, 0.15) is 31.2 Å². The number of likely N-dealkylation sites (tertiary alicyclic amines) is 1. The predicted molar refractivity (Wildman–Crippen MR) is 124 cm³/mol. The Morgan fingerprint density at radius 2 is 1.88 bits per heavy atom. The predicted octanol–water partition coefficient (Wildman–Crippen LogP) is 3.36. The molecular formula is C26H24FN5O2. The lowest BCUT2D eigenvalue weighted by Gasteiger charge is -2.41. The van der Waals surface area contributed by atoms with Gasteiger partial charge in [0.2, 0.25) is 5.91 Å². The third-order valence-electron chi connectivity index (χ3n) is 7.56. The van der Waals surface area contributed by atoms with Gasteiger partial charge in [-0.3, -0.25) is 24.6 Å². The number of fused-ring (bicyclic) bond motifs is 1. The zero-order valence-electron chi connectivity index (χ0n) is 18.6. The van der Waals surface area contributed by atoms with Crippen molar-refractivity contribution in [3.8, 4) is 11.1 Å². The van der Waals surface area contributed by atoms with Crippen LogP contribution in [0.5, 0.6) is 0 Å². The average molecular weight is 458 g/mol. The Balaban J connectivity index is 1.14. The number of H-pyrrole nitrogens is 1. The van der Waals surface area contributed by atoms with Gasteiger partial charge in [-0.1, -0.05) is 18.2 Å². The van der Waals surface area contributed by atoms with Gasteiger partial charge >= 0.3 is 0 Å². The molecule has 2 aromatic carbocycles. The van der Waals surface area contributed by atoms with E-state index in [1.165, 1.54) is 6.07 Å². The minimum atomic E-state index is -0.695. The van der Waals surface area contributed by atoms with Crippen LogP contribution in [0.25, 0.3) is 22.0 Å². The van der Waals surface area contributed by atoms with Crippen LogP contribution in [0.4, 0.5) is 4.39 Å². The Hall–Kier alpha value is -3.55. The fourth-order valence-corrected chi connectivity index (χ4v) is 5.18. The maximum atomic E-state index is 15.4. The maximum Gasteiger partial charge on any atom is 0.256 e. The summed E-state index contributed by atoms with van der Waals surface area (Å²) in [5.74, 6) is 0.671. The number of aliphatic imine (C=N–C) groups is 1. The smallest absolute Gasteiger partial charge is 0.256 e. The first kappa shape index (κ1) is 19.9. The fourth-order valence-electron chi connectivity index (χ4n) is 5.18. The Morgan fingerprint density at radius 1 is 1.12 bits per heavy atom. The molecule has 4 aliphatic rings. The first-order valence-electron chi connectivity index (χ1n) is 11.9. The van der Waals surface area contributed by atoms with Crippen LogP contribution in [-0.4, -0.2) is 62.8 Å². The van der Waals surface area contributed by atoms with Crippen LogP contribution in [0.3, 0.4) is 0 Å². The number of amidine groups is 1. The topological polar surface area (TPSA) is 81.7 Å². The number of carbonyl (C=O) groups excluding carboxylic acids is 2. The van der Waals surface area contributed by atoms with Crippen molar-refractivity contribution in [2.75, 3.05) is 19.6 Å². The molecule has 7 rings (SSSR count). The van der Waals surface area contributed by atoms with Gasteiger partial charge in [-0.15, -0.1) is 0 Å². The van der Waals surface area contributed by atoms with Crippen molar-refractivity contribution in [2.45, 2.75) is 31.2 Å². The molecule has 1 N–H and O–H groups in total. The second-order valence-electron chi connectivity index (χ2n) is 10.1. The van der Waals surface area contributed by atoms with Crippen molar-refractivity contribution in [2.24, 2.45) is 16.8 Å². The van der Waals surface area contributed by atoms with Gasteiger partial charge in [0.25, 0.3) is 5.91 Å². The van der Waals surface area contributed by atoms with E-state index >= 15 is 4.39 Å². The summed E-state index contributed by atoms with van der Waals surface area (Å²) >= 11 is 0. The average Bonchev–Trinajstić information content (AvgIpc) is 3.72. The molecule has 2 aliphatic carbocycles. The molecule has 3 aromatic rings. The summed E-state index contributed by atoms with van der Waals surface area (Å²) in [6, 6.07) is 11.0. The molecule has 3 fully saturated rings. The van der Waals surface area contributed by atoms with E-state index in [1.54, 1.807) is 17.2 Å². The number of hydrogen-bond donors (Lipinski definition) is 1. The van der Waals surface area contributed by atoms with E-state index in [0.717, 1.165) is 34.9 Å². The van der Waals surface area contributed by atoms with Gasteiger partial charge in [-0.25, -0.2) is 4.39 Å². The van der Waals surface area contributed by atoms with Gasteiger partial charge in [0.1, 0.15) is 17.2 Å². The molecule has 2 amide bonds.